The number of carbonyl (C=O) groups is 2. The number of rotatable bonds is 10. The maximum atomic E-state index is 12.5. The molecule has 0 radical (unpaired) electrons. The summed E-state index contributed by atoms with van der Waals surface area (Å²) in [6.45, 7) is 9.22. The molecule has 6 rings (SSSR count). The van der Waals surface area contributed by atoms with Gasteiger partial charge < -0.3 is 24.7 Å². The standard InChI is InChI=1S/C37H39N5O4/c1-3-45-36(43)29-14-16-33(31(38)24-29)41-21-18-40(19-22-41)20-23-42-34-17-15-30(37(44)46-4-2)25-32(34)39-35(42)28-12-10-27(11-13-28)26-8-6-5-7-9-26/h5-17,24-25H,3-4,18-23,38H2,1-2H3. The Morgan fingerprint density at radius 3 is 1.98 bits per heavy atom. The monoisotopic (exact) mass is 617 g/mol. The van der Waals surface area contributed by atoms with Crippen LogP contribution in [-0.2, 0) is 16.0 Å². The lowest BCUT2D eigenvalue weighted by Gasteiger charge is -2.36. The minimum absolute atomic E-state index is 0.323. The molecule has 0 atom stereocenters. The van der Waals surface area contributed by atoms with Crippen molar-refractivity contribution >= 4 is 34.3 Å². The molecule has 2 N–H and O–H groups in total. The molecule has 0 bridgehead atoms. The number of aromatic nitrogens is 2. The number of piperazine rings is 1. The van der Waals surface area contributed by atoms with Crippen molar-refractivity contribution in [3.8, 4) is 22.5 Å². The summed E-state index contributed by atoms with van der Waals surface area (Å²) >= 11 is 0. The van der Waals surface area contributed by atoms with Gasteiger partial charge in [-0.1, -0.05) is 54.6 Å². The van der Waals surface area contributed by atoms with Gasteiger partial charge in [0.05, 0.1) is 46.7 Å². The minimum atomic E-state index is -0.360. The molecule has 1 fully saturated rings. The Morgan fingerprint density at radius 1 is 0.717 bits per heavy atom. The van der Waals surface area contributed by atoms with Gasteiger partial charge in [-0.15, -0.1) is 0 Å². The van der Waals surface area contributed by atoms with E-state index in [2.05, 4.69) is 50.8 Å². The summed E-state index contributed by atoms with van der Waals surface area (Å²) in [7, 11) is 0. The Morgan fingerprint density at radius 2 is 1.33 bits per heavy atom. The summed E-state index contributed by atoms with van der Waals surface area (Å²) in [5.41, 5.74) is 13.9. The Kier molecular flexibility index (Phi) is 9.30. The molecule has 0 amide bonds. The second-order valence-electron chi connectivity index (χ2n) is 11.3. The maximum Gasteiger partial charge on any atom is 0.338 e. The largest absolute Gasteiger partial charge is 0.462 e. The molecule has 0 aliphatic carbocycles. The van der Waals surface area contributed by atoms with E-state index in [9.17, 15) is 9.59 Å². The van der Waals surface area contributed by atoms with E-state index < -0.39 is 0 Å². The van der Waals surface area contributed by atoms with Crippen LogP contribution in [0.1, 0.15) is 34.6 Å². The van der Waals surface area contributed by atoms with Crippen molar-refractivity contribution in [2.75, 3.05) is 56.6 Å². The minimum Gasteiger partial charge on any atom is -0.462 e. The SMILES string of the molecule is CCOC(=O)c1ccc(N2CCN(CCn3c(-c4ccc(-c5ccccc5)cc4)nc4cc(C(=O)OCC)ccc43)CC2)c(N)c1. The van der Waals surface area contributed by atoms with Crippen molar-refractivity contribution in [1.82, 2.24) is 14.5 Å². The number of ether oxygens (including phenoxy) is 2. The first-order valence-corrected chi connectivity index (χ1v) is 15.8. The van der Waals surface area contributed by atoms with Gasteiger partial charge in [-0.3, -0.25) is 4.90 Å². The Balaban J connectivity index is 1.20. The lowest BCUT2D eigenvalue weighted by molar-refractivity contribution is 0.0517. The average Bonchev–Trinajstić information content (AvgIpc) is 3.46. The summed E-state index contributed by atoms with van der Waals surface area (Å²) in [6, 6.07) is 29.8. The molecule has 1 saturated heterocycles. The van der Waals surface area contributed by atoms with Crippen LogP contribution in [-0.4, -0.2) is 72.3 Å². The molecule has 0 saturated carbocycles. The van der Waals surface area contributed by atoms with Gasteiger partial charge >= 0.3 is 11.9 Å². The van der Waals surface area contributed by atoms with Crippen LogP contribution in [0.2, 0.25) is 0 Å². The molecule has 2 heterocycles. The van der Waals surface area contributed by atoms with E-state index in [0.717, 1.165) is 78.5 Å². The number of fused-ring (bicyclic) bond motifs is 1. The van der Waals surface area contributed by atoms with Crippen LogP contribution in [0, 0.1) is 0 Å². The highest BCUT2D eigenvalue weighted by atomic mass is 16.5. The van der Waals surface area contributed by atoms with Crippen molar-refractivity contribution in [2.24, 2.45) is 0 Å². The summed E-state index contributed by atoms with van der Waals surface area (Å²) < 4.78 is 12.6. The Hall–Kier alpha value is -5.15. The number of anilines is 2. The van der Waals surface area contributed by atoms with Crippen LogP contribution < -0.4 is 10.6 Å². The molecular weight excluding hydrogens is 578 g/mol. The zero-order valence-corrected chi connectivity index (χ0v) is 26.3. The van der Waals surface area contributed by atoms with Gasteiger partial charge in [-0.05, 0) is 61.4 Å². The third-order valence-electron chi connectivity index (χ3n) is 8.40. The fourth-order valence-electron chi connectivity index (χ4n) is 6.00. The van der Waals surface area contributed by atoms with Gasteiger partial charge in [0.25, 0.3) is 0 Å². The smallest absolute Gasteiger partial charge is 0.338 e. The van der Waals surface area contributed by atoms with Crippen LogP contribution in [0.5, 0.6) is 0 Å². The van der Waals surface area contributed by atoms with Crippen LogP contribution in [0.25, 0.3) is 33.5 Å². The Bertz CT molecular complexity index is 1830. The van der Waals surface area contributed by atoms with E-state index >= 15 is 0 Å². The van der Waals surface area contributed by atoms with E-state index in [4.69, 9.17) is 20.2 Å². The quantitative estimate of drug-likeness (QED) is 0.148. The van der Waals surface area contributed by atoms with E-state index in [1.54, 1.807) is 26.0 Å². The number of hydrogen-bond donors (Lipinski definition) is 1. The van der Waals surface area contributed by atoms with Gasteiger partial charge in [-0.25, -0.2) is 14.6 Å². The predicted octanol–water partition coefficient (Wildman–Crippen LogP) is 6.13. The molecule has 1 aliphatic rings. The van der Waals surface area contributed by atoms with Crippen molar-refractivity contribution in [2.45, 2.75) is 20.4 Å². The summed E-state index contributed by atoms with van der Waals surface area (Å²) in [6.07, 6.45) is 0. The lowest BCUT2D eigenvalue weighted by atomic mass is 10.0. The molecule has 9 heteroatoms. The molecule has 4 aromatic carbocycles. The second-order valence-corrected chi connectivity index (χ2v) is 11.3. The van der Waals surface area contributed by atoms with Crippen molar-refractivity contribution in [1.29, 1.82) is 0 Å². The number of imidazole rings is 1. The first-order valence-electron chi connectivity index (χ1n) is 15.8. The lowest BCUT2D eigenvalue weighted by Crippen LogP contribution is -2.47. The van der Waals surface area contributed by atoms with Gasteiger partial charge in [0.2, 0.25) is 0 Å². The van der Waals surface area contributed by atoms with Gasteiger partial charge in [0.15, 0.2) is 0 Å². The van der Waals surface area contributed by atoms with E-state index in [-0.39, 0.29) is 11.9 Å². The van der Waals surface area contributed by atoms with Crippen LogP contribution in [0.15, 0.2) is 91.0 Å². The summed E-state index contributed by atoms with van der Waals surface area (Å²) in [5.74, 6) is 0.159. The van der Waals surface area contributed by atoms with Crippen LogP contribution in [0.4, 0.5) is 11.4 Å². The number of benzene rings is 4. The third kappa shape index (κ3) is 6.60. The molecule has 46 heavy (non-hydrogen) atoms. The molecule has 1 aliphatic heterocycles. The number of nitrogen functional groups attached to an aromatic ring is 1. The van der Waals surface area contributed by atoms with Crippen LogP contribution in [0.3, 0.4) is 0 Å². The summed E-state index contributed by atoms with van der Waals surface area (Å²) in [5, 5.41) is 0. The molecule has 0 spiro atoms. The number of carbonyl (C=O) groups excluding carboxylic acids is 2. The number of hydrogen-bond acceptors (Lipinski definition) is 8. The highest BCUT2D eigenvalue weighted by Crippen LogP contribution is 2.29. The zero-order valence-electron chi connectivity index (χ0n) is 26.3. The van der Waals surface area contributed by atoms with E-state index in [1.807, 2.05) is 42.5 Å². The molecule has 1 aromatic heterocycles. The number of nitrogens with zero attached hydrogens (tertiary/aromatic N) is 4. The zero-order chi connectivity index (χ0) is 32.0. The third-order valence-corrected chi connectivity index (χ3v) is 8.40. The maximum absolute atomic E-state index is 12.5. The topological polar surface area (TPSA) is 103 Å². The first kappa shape index (κ1) is 30.9. The normalized spacial score (nSPS) is 13.6. The van der Waals surface area contributed by atoms with Gasteiger partial charge in [0, 0.05) is 44.8 Å². The summed E-state index contributed by atoms with van der Waals surface area (Å²) in [4.78, 5) is 34.3. The van der Waals surface area contributed by atoms with Gasteiger partial charge in [0.1, 0.15) is 5.82 Å². The number of nitrogens with two attached hydrogens (primary N) is 1. The Labute approximate surface area is 269 Å². The molecular formula is C37H39N5O4. The fourth-order valence-corrected chi connectivity index (χ4v) is 6.00. The first-order chi connectivity index (χ1) is 22.4. The van der Waals surface area contributed by atoms with Gasteiger partial charge in [-0.2, -0.15) is 0 Å². The molecule has 0 unspecified atom stereocenters. The highest BCUT2D eigenvalue weighted by Gasteiger charge is 2.21. The van der Waals surface area contributed by atoms with E-state index in [0.29, 0.717) is 30.0 Å². The highest BCUT2D eigenvalue weighted by molar-refractivity contribution is 5.94. The fraction of sp³-hybridized carbons (Fsp3) is 0.270. The molecule has 9 nitrogen and oxygen atoms in total. The van der Waals surface area contributed by atoms with Crippen molar-refractivity contribution in [3.05, 3.63) is 102 Å². The van der Waals surface area contributed by atoms with Crippen LogP contribution >= 0.6 is 0 Å². The molecule has 5 aromatic rings. The predicted molar refractivity (Wildman–Crippen MR) is 182 cm³/mol. The van der Waals surface area contributed by atoms with E-state index in [1.165, 1.54) is 0 Å². The average molecular weight is 618 g/mol. The van der Waals surface area contributed by atoms with Crippen molar-refractivity contribution < 1.29 is 19.1 Å². The molecule has 236 valence electrons. The van der Waals surface area contributed by atoms with Crippen molar-refractivity contribution in [3.63, 3.8) is 0 Å². The number of esters is 2. The second kappa shape index (κ2) is 13.9.